The van der Waals surface area contributed by atoms with Crippen LogP contribution in [0.3, 0.4) is 0 Å². The Morgan fingerprint density at radius 3 is 2.28 bits per heavy atom. The van der Waals surface area contributed by atoms with Crippen molar-refractivity contribution in [2.24, 2.45) is 0 Å². The molecule has 18 heavy (non-hydrogen) atoms. The summed E-state index contributed by atoms with van der Waals surface area (Å²) in [5.41, 5.74) is 0.917. The number of nitro groups is 1. The van der Waals surface area contributed by atoms with Crippen molar-refractivity contribution < 1.29 is 19.9 Å². The lowest BCUT2D eigenvalue weighted by Crippen LogP contribution is -2.01. The molecule has 1 aromatic rings. The van der Waals surface area contributed by atoms with E-state index in [0.29, 0.717) is 11.1 Å². The van der Waals surface area contributed by atoms with Gasteiger partial charge in [-0.25, -0.2) is 4.79 Å². The Hall–Kier alpha value is -2.21. The molecule has 0 heterocycles. The van der Waals surface area contributed by atoms with E-state index < -0.39 is 10.9 Å². The minimum atomic E-state index is -0.879. The van der Waals surface area contributed by atoms with Crippen LogP contribution in [-0.2, 0) is 0 Å². The van der Waals surface area contributed by atoms with Crippen LogP contribution >= 0.6 is 0 Å². The van der Waals surface area contributed by atoms with Gasteiger partial charge in [-0.05, 0) is 24.6 Å². The van der Waals surface area contributed by atoms with E-state index in [2.05, 4.69) is 0 Å². The quantitative estimate of drug-likeness (QED) is 0.482. The van der Waals surface area contributed by atoms with Gasteiger partial charge in [0.05, 0.1) is 12.2 Å². The van der Waals surface area contributed by atoms with Crippen LogP contribution in [0.25, 0.3) is 0 Å². The number of hydrogen-bond donors (Lipinski definition) is 2. The number of carboxylic acids is 1. The van der Waals surface area contributed by atoms with Crippen LogP contribution in [0.15, 0.2) is 42.0 Å². The maximum absolute atomic E-state index is 10.2. The van der Waals surface area contributed by atoms with Crippen LogP contribution in [0.4, 0.5) is 0 Å². The summed E-state index contributed by atoms with van der Waals surface area (Å²) in [6.45, 7) is 1.30. The number of nitrogens with zero attached hydrogens (tertiary/aromatic N) is 1. The third kappa shape index (κ3) is 8.00. The average Bonchev–Trinajstić information content (AvgIpc) is 2.30. The predicted octanol–water partition coefficient (Wildman–Crippen LogP) is 1.59. The average molecular weight is 253 g/mol. The van der Waals surface area contributed by atoms with E-state index in [1.54, 1.807) is 37.3 Å². The fourth-order valence-electron chi connectivity index (χ4n) is 1.00. The van der Waals surface area contributed by atoms with Crippen LogP contribution in [0, 0.1) is 10.1 Å². The molecule has 0 spiro atoms. The third-order valence-electron chi connectivity index (χ3n) is 1.84. The molecular formula is C12H15NO5. The molecule has 6 nitrogen and oxygen atoms in total. The van der Waals surface area contributed by atoms with Gasteiger partial charge in [0, 0.05) is 4.92 Å². The first-order valence-electron chi connectivity index (χ1n) is 5.14. The summed E-state index contributed by atoms with van der Waals surface area (Å²) in [6.07, 6.45) is 1.42. The topological polar surface area (TPSA) is 101 Å². The molecule has 0 saturated carbocycles. The first kappa shape index (κ1) is 15.8. The highest BCUT2D eigenvalue weighted by molar-refractivity contribution is 5.87. The van der Waals surface area contributed by atoms with Crippen LogP contribution in [0.5, 0.6) is 0 Å². The van der Waals surface area contributed by atoms with Gasteiger partial charge in [0.15, 0.2) is 0 Å². The largest absolute Gasteiger partial charge is 0.478 e. The summed E-state index contributed by atoms with van der Waals surface area (Å²) in [5.74, 6) is -0.879. The molecule has 0 aliphatic carbocycles. The summed E-state index contributed by atoms with van der Waals surface area (Å²) in [6, 6.07) is 8.30. The highest BCUT2D eigenvalue weighted by atomic mass is 16.6. The van der Waals surface area contributed by atoms with Crippen LogP contribution < -0.4 is 0 Å². The maximum atomic E-state index is 10.2. The first-order chi connectivity index (χ1) is 8.47. The number of carboxylic acid groups (broad SMARTS) is 1. The predicted molar refractivity (Wildman–Crippen MR) is 66.1 cm³/mol. The zero-order valence-electron chi connectivity index (χ0n) is 9.94. The Kier molecular flexibility index (Phi) is 7.80. The monoisotopic (exact) mass is 253 g/mol. The molecule has 1 aromatic carbocycles. The van der Waals surface area contributed by atoms with E-state index in [9.17, 15) is 14.9 Å². The molecule has 0 aliphatic rings. The van der Waals surface area contributed by atoms with Crippen molar-refractivity contribution in [1.29, 1.82) is 0 Å². The van der Waals surface area contributed by atoms with Gasteiger partial charge in [0.25, 0.3) is 0 Å². The standard InChI is InChI=1S/C7H6O2.C5H9NO3/c8-7(9)6-4-2-1-3-5-6;1-5(2-3-7)4-6(8)9/h1-5H,(H,8,9);2,7H,3-4H2,1H3. The van der Waals surface area contributed by atoms with Gasteiger partial charge in [-0.3, -0.25) is 10.1 Å². The molecule has 0 aromatic heterocycles. The van der Waals surface area contributed by atoms with Gasteiger partial charge in [-0.2, -0.15) is 0 Å². The van der Waals surface area contributed by atoms with Crippen LogP contribution in [0.1, 0.15) is 17.3 Å². The summed E-state index contributed by atoms with van der Waals surface area (Å²) in [7, 11) is 0. The van der Waals surface area contributed by atoms with Crippen molar-refractivity contribution >= 4 is 5.97 Å². The number of hydrogen-bond acceptors (Lipinski definition) is 4. The Labute approximate surface area is 104 Å². The highest BCUT2D eigenvalue weighted by Crippen LogP contribution is 1.96. The van der Waals surface area contributed by atoms with Gasteiger partial charge in [-0.1, -0.05) is 24.3 Å². The first-order valence-corrected chi connectivity index (χ1v) is 5.14. The van der Waals surface area contributed by atoms with Gasteiger partial charge in [0.1, 0.15) is 0 Å². The third-order valence-corrected chi connectivity index (χ3v) is 1.84. The van der Waals surface area contributed by atoms with Gasteiger partial charge < -0.3 is 10.2 Å². The lowest BCUT2D eigenvalue weighted by atomic mass is 10.2. The van der Waals surface area contributed by atoms with E-state index in [1.807, 2.05) is 0 Å². The number of carbonyl (C=O) groups is 1. The molecule has 0 amide bonds. The Balaban J connectivity index is 0.000000321. The normalized spacial score (nSPS) is 10.2. The zero-order valence-corrected chi connectivity index (χ0v) is 9.94. The van der Waals surface area contributed by atoms with Crippen molar-refractivity contribution in [3.8, 4) is 0 Å². The fourth-order valence-corrected chi connectivity index (χ4v) is 1.00. The molecule has 0 unspecified atom stereocenters. The maximum Gasteiger partial charge on any atom is 0.335 e. The van der Waals surface area contributed by atoms with Crippen molar-refractivity contribution in [3.05, 3.63) is 57.7 Å². The minimum Gasteiger partial charge on any atom is -0.478 e. The minimum absolute atomic E-state index is 0.125. The van der Waals surface area contributed by atoms with E-state index in [0.717, 1.165) is 0 Å². The van der Waals surface area contributed by atoms with Crippen LogP contribution in [-0.4, -0.2) is 34.3 Å². The lowest BCUT2D eigenvalue weighted by Gasteiger charge is -1.90. The Morgan fingerprint density at radius 2 is 1.94 bits per heavy atom. The van der Waals surface area contributed by atoms with Crippen molar-refractivity contribution in [1.82, 2.24) is 0 Å². The zero-order chi connectivity index (χ0) is 14.0. The second-order valence-corrected chi connectivity index (χ2v) is 3.40. The fraction of sp³-hybridized carbons (Fsp3) is 0.250. The smallest absolute Gasteiger partial charge is 0.335 e. The molecule has 0 saturated heterocycles. The molecular weight excluding hydrogens is 238 g/mol. The highest BCUT2D eigenvalue weighted by Gasteiger charge is 1.97. The molecule has 1 rings (SSSR count). The molecule has 2 N–H and O–H groups in total. The molecule has 0 atom stereocenters. The van der Waals surface area contributed by atoms with Crippen molar-refractivity contribution in [2.75, 3.05) is 13.2 Å². The van der Waals surface area contributed by atoms with Crippen molar-refractivity contribution in [2.45, 2.75) is 6.92 Å². The molecule has 0 bridgehead atoms. The van der Waals surface area contributed by atoms with E-state index in [-0.39, 0.29) is 13.2 Å². The number of aliphatic hydroxyl groups excluding tert-OH is 1. The Bertz CT molecular complexity index is 414. The molecule has 0 aliphatic heterocycles. The number of aliphatic hydroxyl groups is 1. The summed E-state index contributed by atoms with van der Waals surface area (Å²) in [4.78, 5) is 19.5. The second kappa shape index (κ2) is 8.89. The molecule has 0 fully saturated rings. The van der Waals surface area contributed by atoms with E-state index >= 15 is 0 Å². The van der Waals surface area contributed by atoms with Gasteiger partial charge in [-0.15, -0.1) is 0 Å². The van der Waals surface area contributed by atoms with Crippen molar-refractivity contribution in [3.63, 3.8) is 0 Å². The summed E-state index contributed by atoms with van der Waals surface area (Å²) >= 11 is 0. The summed E-state index contributed by atoms with van der Waals surface area (Å²) < 4.78 is 0. The number of benzene rings is 1. The summed E-state index contributed by atoms with van der Waals surface area (Å²) in [5, 5.41) is 26.4. The number of rotatable bonds is 4. The Morgan fingerprint density at radius 1 is 1.39 bits per heavy atom. The van der Waals surface area contributed by atoms with E-state index in [4.69, 9.17) is 10.2 Å². The molecule has 6 heteroatoms. The van der Waals surface area contributed by atoms with Gasteiger partial charge >= 0.3 is 5.97 Å². The van der Waals surface area contributed by atoms with E-state index in [1.165, 1.54) is 6.08 Å². The lowest BCUT2D eigenvalue weighted by molar-refractivity contribution is -0.470. The van der Waals surface area contributed by atoms with Crippen LogP contribution in [0.2, 0.25) is 0 Å². The van der Waals surface area contributed by atoms with Gasteiger partial charge in [0.2, 0.25) is 6.54 Å². The second-order valence-electron chi connectivity index (χ2n) is 3.40. The SMILES string of the molecule is CC(=CCO)C[N+](=O)[O-].O=C(O)c1ccccc1. The molecule has 98 valence electrons. The number of aromatic carboxylic acids is 1. The molecule has 0 radical (unpaired) electrons.